The lowest BCUT2D eigenvalue weighted by Gasteiger charge is -2.42. The Morgan fingerprint density at radius 3 is 2.59 bits per heavy atom. The summed E-state index contributed by atoms with van der Waals surface area (Å²) in [6.45, 7) is 8.95. The molecule has 7 atom stereocenters. The van der Waals surface area contributed by atoms with E-state index in [1.165, 1.54) is 19.1 Å². The van der Waals surface area contributed by atoms with E-state index >= 15 is 0 Å². The van der Waals surface area contributed by atoms with Crippen LogP contribution >= 0.6 is 11.6 Å². The van der Waals surface area contributed by atoms with Crippen molar-refractivity contribution < 1.29 is 43.2 Å². The van der Waals surface area contributed by atoms with Gasteiger partial charge in [-0.25, -0.2) is 4.79 Å². The zero-order valence-electron chi connectivity index (χ0n) is 26.5. The number of carbonyl (C=O) groups excluding carboxylic acids is 3. The van der Waals surface area contributed by atoms with Crippen LogP contribution in [0.25, 0.3) is 0 Å². The Morgan fingerprint density at radius 2 is 1.95 bits per heavy atom. The molecule has 12 heteroatoms. The van der Waals surface area contributed by atoms with Crippen molar-refractivity contribution in [1.82, 2.24) is 5.32 Å². The molecule has 3 heterocycles. The molecule has 1 aromatic carbocycles. The summed E-state index contributed by atoms with van der Waals surface area (Å²) in [5.41, 5.74) is -0.587. The molecule has 4 rings (SSSR count). The number of nitrogens with zero attached hydrogens (tertiary/aromatic N) is 1. The van der Waals surface area contributed by atoms with Crippen LogP contribution in [-0.4, -0.2) is 80.1 Å². The molecule has 3 aliphatic heterocycles. The summed E-state index contributed by atoms with van der Waals surface area (Å²) < 4.78 is 28.8. The van der Waals surface area contributed by atoms with Crippen LogP contribution in [0.2, 0.25) is 5.02 Å². The van der Waals surface area contributed by atoms with Crippen molar-refractivity contribution in [1.29, 1.82) is 0 Å². The number of hydrogen-bond donors (Lipinski definition) is 2. The SMILES string of the molecule is COc1cc2cc(c1Cl)N(C)C(=O)C[C@H](OC(=O)C(C)C)[C@]1(C)OC1[C@H](C)[C@@H]1C[C@@](O)(NC(=O)O1)[C@H](OC)C=CC=C(C)C2. The average Bonchev–Trinajstić information content (AvgIpc) is 3.66. The van der Waals surface area contributed by atoms with Gasteiger partial charge in [0.1, 0.15) is 34.7 Å². The van der Waals surface area contributed by atoms with Crippen molar-refractivity contribution in [3.8, 4) is 5.75 Å². The molecule has 3 aliphatic rings. The quantitative estimate of drug-likeness (QED) is 0.366. The van der Waals surface area contributed by atoms with Crippen molar-refractivity contribution in [2.24, 2.45) is 11.8 Å². The number of nitrogens with one attached hydrogen (secondary N) is 1. The molecule has 0 aromatic heterocycles. The van der Waals surface area contributed by atoms with E-state index in [1.54, 1.807) is 40.0 Å². The molecule has 242 valence electrons. The first-order valence-electron chi connectivity index (χ1n) is 14.7. The molecule has 1 unspecified atom stereocenters. The highest BCUT2D eigenvalue weighted by molar-refractivity contribution is 6.35. The number of aliphatic hydroxyl groups is 1. The zero-order chi connectivity index (χ0) is 32.6. The molecule has 2 fully saturated rings. The fraction of sp³-hybridized carbons (Fsp3) is 0.594. The number of amides is 2. The Balaban J connectivity index is 1.80. The maximum atomic E-state index is 13.8. The third-order valence-corrected chi connectivity index (χ3v) is 9.06. The van der Waals surface area contributed by atoms with Crippen LogP contribution in [0.5, 0.6) is 5.75 Å². The molecule has 0 aliphatic carbocycles. The van der Waals surface area contributed by atoms with Crippen LogP contribution in [0.4, 0.5) is 10.5 Å². The number of hydrogen-bond acceptors (Lipinski definition) is 9. The van der Waals surface area contributed by atoms with Crippen molar-refractivity contribution in [3.05, 3.63) is 46.5 Å². The van der Waals surface area contributed by atoms with Crippen LogP contribution < -0.4 is 15.0 Å². The van der Waals surface area contributed by atoms with Gasteiger partial charge in [-0.1, -0.05) is 56.2 Å². The van der Waals surface area contributed by atoms with Crippen LogP contribution in [0, 0.1) is 11.8 Å². The summed E-state index contributed by atoms with van der Waals surface area (Å²) in [6, 6.07) is 3.63. The third kappa shape index (κ3) is 6.91. The number of esters is 1. The van der Waals surface area contributed by atoms with Crippen LogP contribution in [0.1, 0.15) is 53.0 Å². The predicted octanol–water partition coefficient (Wildman–Crippen LogP) is 4.32. The molecule has 0 spiro atoms. The Hall–Kier alpha value is -3.12. The lowest BCUT2D eigenvalue weighted by Crippen LogP contribution is -2.63. The van der Waals surface area contributed by atoms with Gasteiger partial charge < -0.3 is 33.7 Å². The molecular weight excluding hydrogens is 592 g/mol. The lowest BCUT2D eigenvalue weighted by molar-refractivity contribution is -0.157. The summed E-state index contributed by atoms with van der Waals surface area (Å²) in [7, 11) is 4.56. The minimum absolute atomic E-state index is 0.00361. The van der Waals surface area contributed by atoms with E-state index < -0.39 is 59.6 Å². The van der Waals surface area contributed by atoms with Gasteiger partial charge in [0.15, 0.2) is 5.72 Å². The van der Waals surface area contributed by atoms with Gasteiger partial charge in [-0.05, 0) is 38.0 Å². The summed E-state index contributed by atoms with van der Waals surface area (Å²) in [4.78, 5) is 40.7. The number of benzene rings is 1. The third-order valence-electron chi connectivity index (χ3n) is 8.68. The average molecular weight is 635 g/mol. The van der Waals surface area contributed by atoms with Crippen LogP contribution in [0.3, 0.4) is 0 Å². The van der Waals surface area contributed by atoms with Crippen molar-refractivity contribution in [2.75, 3.05) is 26.2 Å². The van der Waals surface area contributed by atoms with Crippen LogP contribution in [-0.2, 0) is 35.0 Å². The molecule has 4 bridgehead atoms. The Kier molecular flexibility index (Phi) is 10.0. The van der Waals surface area contributed by atoms with Crippen molar-refractivity contribution >= 4 is 35.3 Å². The first-order valence-corrected chi connectivity index (χ1v) is 15.1. The van der Waals surface area contributed by atoms with Crippen molar-refractivity contribution in [3.63, 3.8) is 0 Å². The molecule has 2 amide bonds. The van der Waals surface area contributed by atoms with E-state index in [0.29, 0.717) is 17.9 Å². The number of methoxy groups -OCH3 is 2. The number of fused-ring (bicyclic) bond motifs is 5. The van der Waals surface area contributed by atoms with Gasteiger partial charge >= 0.3 is 12.1 Å². The molecule has 44 heavy (non-hydrogen) atoms. The summed E-state index contributed by atoms with van der Waals surface area (Å²) in [5, 5.41) is 14.4. The van der Waals surface area contributed by atoms with Gasteiger partial charge in [0.2, 0.25) is 5.91 Å². The predicted molar refractivity (Wildman–Crippen MR) is 164 cm³/mol. The van der Waals surface area contributed by atoms with Crippen LogP contribution in [0.15, 0.2) is 35.9 Å². The first-order chi connectivity index (χ1) is 20.6. The standard InChI is InChI=1S/C32H43ClN2O9/c1-17(2)29(37)43-25-15-26(36)35(6)21-13-20(14-22(40-7)27(21)33)12-18(3)10-9-11-24(41-8)32(39)16-23(42-30(38)34-32)19(4)28-31(25,5)44-28/h9-11,13-14,17,19,23-25,28,39H,12,15-16H2,1-8H3,(H,34,38)/t19-,23+,24-,25+,28?,31+,32+/m1/s1. The number of alkyl carbamates (subject to hydrolysis) is 1. The van der Waals surface area contributed by atoms with Gasteiger partial charge in [-0.15, -0.1) is 0 Å². The zero-order valence-corrected chi connectivity index (χ0v) is 27.3. The smallest absolute Gasteiger partial charge is 0.409 e. The van der Waals surface area contributed by atoms with Gasteiger partial charge in [0.05, 0.1) is 31.2 Å². The monoisotopic (exact) mass is 634 g/mol. The van der Waals surface area contributed by atoms with E-state index in [4.69, 9.17) is 35.3 Å². The molecule has 11 nitrogen and oxygen atoms in total. The number of ether oxygens (including phenoxy) is 5. The summed E-state index contributed by atoms with van der Waals surface area (Å²) in [6.07, 6.45) is 1.65. The van der Waals surface area contributed by atoms with E-state index in [-0.39, 0.29) is 23.8 Å². The number of rotatable bonds is 4. The van der Waals surface area contributed by atoms with E-state index in [0.717, 1.165) is 11.1 Å². The van der Waals surface area contributed by atoms with Gasteiger partial charge in [-0.2, -0.15) is 0 Å². The fourth-order valence-electron chi connectivity index (χ4n) is 5.88. The maximum Gasteiger partial charge on any atom is 0.409 e. The second-order valence-electron chi connectivity index (χ2n) is 12.4. The van der Waals surface area contributed by atoms with Crippen molar-refractivity contribution in [2.45, 2.75) is 89.6 Å². The highest BCUT2D eigenvalue weighted by Crippen LogP contribution is 2.49. The largest absolute Gasteiger partial charge is 0.495 e. The topological polar surface area (TPSA) is 136 Å². The highest BCUT2D eigenvalue weighted by Gasteiger charge is 2.64. The second kappa shape index (κ2) is 13.1. The molecule has 0 saturated carbocycles. The Morgan fingerprint density at radius 1 is 1.25 bits per heavy atom. The van der Waals surface area contributed by atoms with E-state index in [1.807, 2.05) is 32.1 Å². The van der Waals surface area contributed by atoms with E-state index in [9.17, 15) is 19.5 Å². The van der Waals surface area contributed by atoms with Gasteiger partial charge in [0.25, 0.3) is 0 Å². The second-order valence-corrected chi connectivity index (χ2v) is 12.8. The molecule has 2 saturated heterocycles. The molecular formula is C32H43ClN2O9. The number of anilines is 1. The fourth-order valence-corrected chi connectivity index (χ4v) is 6.19. The summed E-state index contributed by atoms with van der Waals surface area (Å²) >= 11 is 6.68. The minimum atomic E-state index is -1.77. The van der Waals surface area contributed by atoms with Gasteiger partial charge in [-0.3, -0.25) is 14.9 Å². The maximum absolute atomic E-state index is 13.8. The molecule has 1 aromatic rings. The Labute approximate surface area is 263 Å². The molecule has 0 radical (unpaired) electrons. The number of carbonyl (C=O) groups is 3. The Bertz CT molecular complexity index is 1350. The minimum Gasteiger partial charge on any atom is -0.495 e. The summed E-state index contributed by atoms with van der Waals surface area (Å²) in [5.74, 6) is -1.30. The normalized spacial score (nSPS) is 32.8. The van der Waals surface area contributed by atoms with E-state index in [2.05, 4.69) is 5.32 Å². The van der Waals surface area contributed by atoms with Gasteiger partial charge in [0, 0.05) is 26.5 Å². The molecule has 2 N–H and O–H groups in total. The number of allylic oxidation sites excluding steroid dienone is 3. The lowest BCUT2D eigenvalue weighted by atomic mass is 9.83. The number of epoxide rings is 1. The first kappa shape index (κ1) is 33.8. The number of halogens is 1. The highest BCUT2D eigenvalue weighted by atomic mass is 35.5.